The highest BCUT2D eigenvalue weighted by Gasteiger charge is 2.37. The van der Waals surface area contributed by atoms with Crippen LogP contribution in [0, 0.1) is 0 Å². The fraction of sp³-hybridized carbons (Fsp3) is 0.455. The number of benzene rings is 2. The van der Waals surface area contributed by atoms with E-state index < -0.39 is 0 Å². The second-order valence-corrected chi connectivity index (χ2v) is 7.20. The SMILES string of the molecule is COc1cc2c(cc1OC)[C@H]1Cc3cc(OC)c(OC)cc3[C@H](C)N1CC2. The Morgan fingerprint density at radius 2 is 1.26 bits per heavy atom. The molecule has 2 aromatic carbocycles. The fourth-order valence-electron chi connectivity index (χ4n) is 4.63. The Bertz CT molecular complexity index is 864. The number of nitrogens with zero attached hydrogens (tertiary/aromatic N) is 1. The van der Waals surface area contributed by atoms with Crippen LogP contribution in [0.25, 0.3) is 0 Å². The first-order valence-corrected chi connectivity index (χ1v) is 9.36. The van der Waals surface area contributed by atoms with Crippen molar-refractivity contribution in [2.45, 2.75) is 31.8 Å². The van der Waals surface area contributed by atoms with E-state index in [1.807, 2.05) is 0 Å². The number of hydrogen-bond acceptors (Lipinski definition) is 5. The van der Waals surface area contributed by atoms with Gasteiger partial charge in [0, 0.05) is 18.6 Å². The van der Waals surface area contributed by atoms with Gasteiger partial charge in [-0.1, -0.05) is 0 Å². The molecule has 4 rings (SSSR count). The molecular weight excluding hydrogens is 342 g/mol. The zero-order valence-corrected chi connectivity index (χ0v) is 16.7. The predicted octanol–water partition coefficient (Wildman–Crippen LogP) is 3.94. The number of rotatable bonds is 4. The van der Waals surface area contributed by atoms with Gasteiger partial charge in [-0.25, -0.2) is 0 Å². The minimum atomic E-state index is 0.319. The lowest BCUT2D eigenvalue weighted by atomic mass is 9.81. The van der Waals surface area contributed by atoms with Crippen molar-refractivity contribution in [3.05, 3.63) is 46.5 Å². The lowest BCUT2D eigenvalue weighted by Crippen LogP contribution is -2.41. The molecule has 2 aromatic rings. The molecule has 0 aromatic heterocycles. The maximum atomic E-state index is 5.57. The van der Waals surface area contributed by atoms with Crippen LogP contribution in [0.3, 0.4) is 0 Å². The largest absolute Gasteiger partial charge is 0.493 e. The van der Waals surface area contributed by atoms with Crippen molar-refractivity contribution < 1.29 is 18.9 Å². The maximum absolute atomic E-state index is 5.57. The quantitative estimate of drug-likeness (QED) is 0.816. The summed E-state index contributed by atoms with van der Waals surface area (Å²) in [5, 5.41) is 0. The molecule has 0 radical (unpaired) electrons. The van der Waals surface area contributed by atoms with E-state index >= 15 is 0 Å². The van der Waals surface area contributed by atoms with Crippen LogP contribution in [0.4, 0.5) is 0 Å². The normalized spacial score (nSPS) is 20.9. The van der Waals surface area contributed by atoms with Crippen LogP contribution < -0.4 is 18.9 Å². The van der Waals surface area contributed by atoms with Crippen molar-refractivity contribution in [3.63, 3.8) is 0 Å². The molecule has 2 heterocycles. The first-order chi connectivity index (χ1) is 13.1. The van der Waals surface area contributed by atoms with Crippen molar-refractivity contribution in [2.24, 2.45) is 0 Å². The molecule has 0 fully saturated rings. The Labute approximate surface area is 160 Å². The average Bonchev–Trinajstić information content (AvgIpc) is 2.71. The van der Waals surface area contributed by atoms with Crippen LogP contribution in [0.15, 0.2) is 24.3 Å². The first-order valence-electron chi connectivity index (χ1n) is 9.36. The number of ether oxygens (including phenoxy) is 4. The highest BCUT2D eigenvalue weighted by atomic mass is 16.5. The summed E-state index contributed by atoms with van der Waals surface area (Å²) in [6, 6.07) is 9.22. The van der Waals surface area contributed by atoms with Crippen molar-refractivity contribution >= 4 is 0 Å². The second kappa shape index (κ2) is 6.97. The van der Waals surface area contributed by atoms with E-state index in [2.05, 4.69) is 36.1 Å². The van der Waals surface area contributed by atoms with Gasteiger partial charge in [0.25, 0.3) is 0 Å². The highest BCUT2D eigenvalue weighted by Crippen LogP contribution is 2.48. The summed E-state index contributed by atoms with van der Waals surface area (Å²) < 4.78 is 22.1. The van der Waals surface area contributed by atoms with Crippen LogP contribution in [-0.2, 0) is 12.8 Å². The summed E-state index contributed by atoms with van der Waals surface area (Å²) in [4.78, 5) is 2.59. The molecule has 144 valence electrons. The Morgan fingerprint density at radius 1 is 0.741 bits per heavy atom. The monoisotopic (exact) mass is 369 g/mol. The summed E-state index contributed by atoms with van der Waals surface area (Å²) in [7, 11) is 6.77. The molecule has 2 aliphatic heterocycles. The lowest BCUT2D eigenvalue weighted by molar-refractivity contribution is 0.117. The molecule has 5 nitrogen and oxygen atoms in total. The summed E-state index contributed by atoms with van der Waals surface area (Å²) >= 11 is 0. The van der Waals surface area contributed by atoms with Gasteiger partial charge in [-0.2, -0.15) is 0 Å². The van der Waals surface area contributed by atoms with Crippen LogP contribution in [-0.4, -0.2) is 39.9 Å². The molecule has 5 heteroatoms. The van der Waals surface area contributed by atoms with Crippen molar-refractivity contribution in [2.75, 3.05) is 35.0 Å². The second-order valence-electron chi connectivity index (χ2n) is 7.20. The molecular formula is C22H27NO4. The van der Waals surface area contributed by atoms with Gasteiger partial charge in [0.15, 0.2) is 23.0 Å². The minimum absolute atomic E-state index is 0.319. The first kappa shape index (κ1) is 18.0. The van der Waals surface area contributed by atoms with Crippen molar-refractivity contribution in [1.29, 1.82) is 0 Å². The number of methoxy groups -OCH3 is 4. The van der Waals surface area contributed by atoms with E-state index in [4.69, 9.17) is 18.9 Å². The zero-order chi connectivity index (χ0) is 19.1. The molecule has 0 saturated carbocycles. The van der Waals surface area contributed by atoms with Crippen LogP contribution in [0.2, 0.25) is 0 Å². The molecule has 0 unspecified atom stereocenters. The van der Waals surface area contributed by atoms with Gasteiger partial charge in [-0.05, 0) is 66.3 Å². The summed E-state index contributed by atoms with van der Waals surface area (Å²) in [6.45, 7) is 3.31. The van der Waals surface area contributed by atoms with Gasteiger partial charge in [0.1, 0.15) is 0 Å². The summed E-state index contributed by atoms with van der Waals surface area (Å²) in [5.74, 6) is 3.19. The molecule has 0 amide bonds. The maximum Gasteiger partial charge on any atom is 0.161 e. The Balaban J connectivity index is 1.80. The van der Waals surface area contributed by atoms with E-state index in [1.165, 1.54) is 22.3 Å². The fourth-order valence-corrected chi connectivity index (χ4v) is 4.63. The Kier molecular flexibility index (Phi) is 4.64. The van der Waals surface area contributed by atoms with E-state index in [1.54, 1.807) is 28.4 Å². The zero-order valence-electron chi connectivity index (χ0n) is 16.7. The third-order valence-electron chi connectivity index (χ3n) is 6.05. The molecule has 2 aliphatic rings. The molecule has 0 spiro atoms. The molecule has 0 saturated heterocycles. The van der Waals surface area contributed by atoms with Gasteiger partial charge in [0.05, 0.1) is 28.4 Å². The van der Waals surface area contributed by atoms with Gasteiger partial charge in [0.2, 0.25) is 0 Å². The molecule has 0 N–H and O–H groups in total. The van der Waals surface area contributed by atoms with Gasteiger partial charge in [-0.15, -0.1) is 0 Å². The number of hydrogen-bond donors (Lipinski definition) is 0. The topological polar surface area (TPSA) is 40.2 Å². The van der Waals surface area contributed by atoms with Crippen LogP contribution >= 0.6 is 0 Å². The summed E-state index contributed by atoms with van der Waals surface area (Å²) in [5.41, 5.74) is 5.34. The lowest BCUT2D eigenvalue weighted by Gasteiger charge is -2.45. The summed E-state index contributed by atoms with van der Waals surface area (Å²) in [6.07, 6.45) is 1.96. The highest BCUT2D eigenvalue weighted by molar-refractivity contribution is 5.53. The van der Waals surface area contributed by atoms with Crippen LogP contribution in [0.1, 0.15) is 41.3 Å². The third kappa shape index (κ3) is 2.81. The van der Waals surface area contributed by atoms with Gasteiger partial charge in [-0.3, -0.25) is 4.90 Å². The Hall–Kier alpha value is -2.40. The molecule has 2 atom stereocenters. The molecule has 0 bridgehead atoms. The van der Waals surface area contributed by atoms with Gasteiger partial charge >= 0.3 is 0 Å². The standard InChI is InChI=1S/C22H27NO4/c1-13-16-11-21(26-4)20(25-3)10-15(16)8-18-17-12-22(27-5)19(24-2)9-14(17)6-7-23(13)18/h9-13,18H,6-8H2,1-5H3/t13-,18+/m0/s1. The molecule has 27 heavy (non-hydrogen) atoms. The van der Waals surface area contributed by atoms with Gasteiger partial charge < -0.3 is 18.9 Å². The van der Waals surface area contributed by atoms with E-state index in [0.29, 0.717) is 12.1 Å². The minimum Gasteiger partial charge on any atom is -0.493 e. The van der Waals surface area contributed by atoms with E-state index in [9.17, 15) is 0 Å². The van der Waals surface area contributed by atoms with E-state index in [0.717, 1.165) is 42.4 Å². The third-order valence-corrected chi connectivity index (χ3v) is 6.05. The van der Waals surface area contributed by atoms with E-state index in [-0.39, 0.29) is 0 Å². The van der Waals surface area contributed by atoms with Crippen LogP contribution in [0.5, 0.6) is 23.0 Å². The molecule has 0 aliphatic carbocycles. The number of fused-ring (bicyclic) bond motifs is 4. The average molecular weight is 369 g/mol. The van der Waals surface area contributed by atoms with Crippen molar-refractivity contribution in [1.82, 2.24) is 4.90 Å². The smallest absolute Gasteiger partial charge is 0.161 e. The predicted molar refractivity (Wildman–Crippen MR) is 104 cm³/mol. The Morgan fingerprint density at radius 3 is 1.85 bits per heavy atom. The van der Waals surface area contributed by atoms with Crippen molar-refractivity contribution in [3.8, 4) is 23.0 Å².